The van der Waals surface area contributed by atoms with Crippen LogP contribution in [0.1, 0.15) is 6.92 Å². The molecule has 0 spiro atoms. The Bertz CT molecular complexity index is 390. The van der Waals surface area contributed by atoms with Crippen LogP contribution in [0.5, 0.6) is 5.88 Å². The second-order valence-corrected chi connectivity index (χ2v) is 4.23. The van der Waals surface area contributed by atoms with Crippen molar-refractivity contribution in [1.29, 1.82) is 0 Å². The van der Waals surface area contributed by atoms with Crippen LogP contribution in [0.15, 0.2) is 18.3 Å². The maximum Gasteiger partial charge on any atom is 0.317 e. The Morgan fingerprint density at radius 3 is 3.00 bits per heavy atom. The van der Waals surface area contributed by atoms with E-state index < -0.39 is 0 Å². The molecule has 1 fully saturated rings. The topological polar surface area (TPSA) is 54.5 Å². The number of carbonyl (C=O) groups is 1. The summed E-state index contributed by atoms with van der Waals surface area (Å²) in [7, 11) is 0. The van der Waals surface area contributed by atoms with Gasteiger partial charge < -0.3 is 15.0 Å². The summed E-state index contributed by atoms with van der Waals surface area (Å²) in [5.41, 5.74) is 0. The number of pyridine rings is 1. The van der Waals surface area contributed by atoms with Crippen LogP contribution in [0.3, 0.4) is 0 Å². The van der Waals surface area contributed by atoms with Crippen LogP contribution < -0.4 is 10.1 Å². The second kappa shape index (κ2) is 5.23. The number of ether oxygens (including phenoxy) is 1. The van der Waals surface area contributed by atoms with Crippen molar-refractivity contribution in [1.82, 2.24) is 15.2 Å². The fourth-order valence-electron chi connectivity index (χ4n) is 1.54. The average molecular weight is 256 g/mol. The van der Waals surface area contributed by atoms with Gasteiger partial charge in [0.15, 0.2) is 0 Å². The molecule has 6 heteroatoms. The monoisotopic (exact) mass is 255 g/mol. The summed E-state index contributed by atoms with van der Waals surface area (Å²) in [6.07, 6.45) is 1.56. The van der Waals surface area contributed by atoms with Crippen LogP contribution in [-0.2, 0) is 0 Å². The summed E-state index contributed by atoms with van der Waals surface area (Å²) in [4.78, 5) is 17.1. The summed E-state index contributed by atoms with van der Waals surface area (Å²) < 4.78 is 5.57. The molecule has 1 saturated heterocycles. The minimum absolute atomic E-state index is 0.0197. The Morgan fingerprint density at radius 2 is 2.41 bits per heavy atom. The van der Waals surface area contributed by atoms with Gasteiger partial charge >= 0.3 is 6.03 Å². The van der Waals surface area contributed by atoms with Crippen molar-refractivity contribution in [3.63, 3.8) is 0 Å². The predicted molar refractivity (Wildman–Crippen MR) is 64.3 cm³/mol. The lowest BCUT2D eigenvalue weighted by molar-refractivity contribution is 0.0416. The zero-order valence-corrected chi connectivity index (χ0v) is 10.3. The van der Waals surface area contributed by atoms with E-state index in [1.807, 2.05) is 6.92 Å². The van der Waals surface area contributed by atoms with Crippen LogP contribution in [0.4, 0.5) is 4.79 Å². The average Bonchev–Trinajstić information content (AvgIpc) is 2.25. The molecule has 2 heterocycles. The van der Waals surface area contributed by atoms with Crippen LogP contribution in [-0.4, -0.2) is 41.7 Å². The van der Waals surface area contributed by atoms with Crippen LogP contribution in [0.2, 0.25) is 5.02 Å². The lowest BCUT2D eigenvalue weighted by atomic mass is 10.2. The Labute approximate surface area is 105 Å². The number of nitrogens with one attached hydrogen (secondary N) is 1. The molecule has 0 radical (unpaired) electrons. The summed E-state index contributed by atoms with van der Waals surface area (Å²) in [5, 5.41) is 3.32. The molecule has 92 valence electrons. The molecular formula is C11H14ClN3O2. The van der Waals surface area contributed by atoms with E-state index in [2.05, 4.69) is 10.3 Å². The maximum absolute atomic E-state index is 11.4. The van der Waals surface area contributed by atoms with Gasteiger partial charge in [-0.2, -0.15) is 0 Å². The number of likely N-dealkylation sites (tertiary alicyclic amines) is 1. The lowest BCUT2D eigenvalue weighted by Crippen LogP contribution is -2.58. The lowest BCUT2D eigenvalue weighted by Gasteiger charge is -2.38. The third kappa shape index (κ3) is 3.00. The van der Waals surface area contributed by atoms with Crippen LogP contribution in [0, 0.1) is 0 Å². The largest absolute Gasteiger partial charge is 0.471 e. The van der Waals surface area contributed by atoms with Gasteiger partial charge in [0.2, 0.25) is 5.88 Å². The first-order valence-corrected chi connectivity index (χ1v) is 5.88. The van der Waals surface area contributed by atoms with E-state index in [1.165, 1.54) is 6.20 Å². The standard InChI is InChI=1S/C11H14ClN3O2/c1-2-13-11(16)15-6-9(7-15)17-10-4-3-8(12)5-14-10/h3-5,9H,2,6-7H2,1H3,(H,13,16). The zero-order valence-electron chi connectivity index (χ0n) is 9.52. The smallest absolute Gasteiger partial charge is 0.317 e. The first kappa shape index (κ1) is 12.0. The summed E-state index contributed by atoms with van der Waals surface area (Å²) in [6.45, 7) is 3.72. The van der Waals surface area contributed by atoms with Crippen molar-refractivity contribution < 1.29 is 9.53 Å². The van der Waals surface area contributed by atoms with Gasteiger partial charge in [0.05, 0.1) is 18.1 Å². The molecule has 2 rings (SSSR count). The first-order chi connectivity index (χ1) is 8.19. The highest BCUT2D eigenvalue weighted by Gasteiger charge is 2.32. The van der Waals surface area contributed by atoms with Gasteiger partial charge in [-0.25, -0.2) is 9.78 Å². The maximum atomic E-state index is 11.4. The number of halogens is 1. The van der Waals surface area contributed by atoms with Gasteiger partial charge in [-0.3, -0.25) is 0 Å². The van der Waals surface area contributed by atoms with E-state index in [4.69, 9.17) is 16.3 Å². The minimum Gasteiger partial charge on any atom is -0.471 e. The molecular weight excluding hydrogens is 242 g/mol. The molecule has 5 nitrogen and oxygen atoms in total. The Morgan fingerprint density at radius 1 is 1.65 bits per heavy atom. The molecule has 0 atom stereocenters. The van der Waals surface area contributed by atoms with Gasteiger partial charge in [-0.15, -0.1) is 0 Å². The normalized spacial score (nSPS) is 15.3. The van der Waals surface area contributed by atoms with Crippen molar-refractivity contribution in [2.75, 3.05) is 19.6 Å². The number of rotatable bonds is 3. The van der Waals surface area contributed by atoms with E-state index in [0.29, 0.717) is 30.5 Å². The summed E-state index contributed by atoms with van der Waals surface area (Å²) in [5.74, 6) is 0.537. The number of aromatic nitrogens is 1. The molecule has 17 heavy (non-hydrogen) atoms. The molecule has 0 saturated carbocycles. The fraction of sp³-hybridized carbons (Fsp3) is 0.455. The number of amides is 2. The first-order valence-electron chi connectivity index (χ1n) is 5.50. The molecule has 1 aliphatic heterocycles. The minimum atomic E-state index is -0.0450. The number of nitrogens with zero attached hydrogens (tertiary/aromatic N) is 2. The van der Waals surface area contributed by atoms with Gasteiger partial charge in [0, 0.05) is 18.8 Å². The highest BCUT2D eigenvalue weighted by Crippen LogP contribution is 2.17. The van der Waals surface area contributed by atoms with E-state index in [-0.39, 0.29) is 12.1 Å². The van der Waals surface area contributed by atoms with Gasteiger partial charge in [0.1, 0.15) is 6.10 Å². The molecule has 0 unspecified atom stereocenters. The molecule has 0 aromatic carbocycles. The number of carbonyl (C=O) groups excluding carboxylic acids is 1. The highest BCUT2D eigenvalue weighted by molar-refractivity contribution is 6.30. The van der Waals surface area contributed by atoms with E-state index in [1.54, 1.807) is 17.0 Å². The summed E-state index contributed by atoms with van der Waals surface area (Å²) >= 11 is 5.72. The number of hydrogen-bond donors (Lipinski definition) is 1. The summed E-state index contributed by atoms with van der Waals surface area (Å²) in [6, 6.07) is 3.40. The van der Waals surface area contributed by atoms with E-state index in [0.717, 1.165) is 0 Å². The third-order valence-electron chi connectivity index (χ3n) is 2.45. The second-order valence-electron chi connectivity index (χ2n) is 3.79. The van der Waals surface area contributed by atoms with Crippen molar-refractivity contribution >= 4 is 17.6 Å². The number of hydrogen-bond acceptors (Lipinski definition) is 3. The van der Waals surface area contributed by atoms with Crippen LogP contribution in [0.25, 0.3) is 0 Å². The van der Waals surface area contributed by atoms with Crippen molar-refractivity contribution in [3.05, 3.63) is 23.4 Å². The van der Waals surface area contributed by atoms with Crippen molar-refractivity contribution in [2.24, 2.45) is 0 Å². The predicted octanol–water partition coefficient (Wildman–Crippen LogP) is 1.53. The SMILES string of the molecule is CCNC(=O)N1CC(Oc2ccc(Cl)cn2)C1. The van der Waals surface area contributed by atoms with Crippen LogP contribution >= 0.6 is 11.6 Å². The van der Waals surface area contributed by atoms with Gasteiger partial charge in [0.25, 0.3) is 0 Å². The molecule has 0 aliphatic carbocycles. The molecule has 1 aromatic rings. The van der Waals surface area contributed by atoms with Gasteiger partial charge in [-0.05, 0) is 13.0 Å². The van der Waals surface area contributed by atoms with E-state index in [9.17, 15) is 4.79 Å². The molecule has 1 aliphatic rings. The van der Waals surface area contributed by atoms with Gasteiger partial charge in [-0.1, -0.05) is 11.6 Å². The number of urea groups is 1. The highest BCUT2D eigenvalue weighted by atomic mass is 35.5. The molecule has 1 aromatic heterocycles. The van der Waals surface area contributed by atoms with E-state index >= 15 is 0 Å². The Hall–Kier alpha value is -1.49. The molecule has 2 amide bonds. The van der Waals surface area contributed by atoms with Crippen molar-refractivity contribution in [2.45, 2.75) is 13.0 Å². The quantitative estimate of drug-likeness (QED) is 0.891. The van der Waals surface area contributed by atoms with Crippen molar-refractivity contribution in [3.8, 4) is 5.88 Å². The Kier molecular flexibility index (Phi) is 3.68. The molecule has 0 bridgehead atoms. The zero-order chi connectivity index (χ0) is 12.3. The fourth-order valence-corrected chi connectivity index (χ4v) is 1.66. The third-order valence-corrected chi connectivity index (χ3v) is 2.67. The Balaban J connectivity index is 1.77. The molecule has 1 N–H and O–H groups in total.